The summed E-state index contributed by atoms with van der Waals surface area (Å²) in [6.45, 7) is 2.32. The minimum absolute atomic E-state index is 0.623. The van der Waals surface area contributed by atoms with Crippen LogP contribution in [0.25, 0.3) is 0 Å². The molecule has 0 aromatic carbocycles. The van der Waals surface area contributed by atoms with E-state index >= 15 is 0 Å². The Bertz CT molecular complexity index is 273. The second-order valence-electron chi connectivity index (χ2n) is 5.09. The fourth-order valence-corrected chi connectivity index (χ4v) is 3.35. The summed E-state index contributed by atoms with van der Waals surface area (Å²) in [5.41, 5.74) is 1.48. The van der Waals surface area contributed by atoms with Crippen molar-refractivity contribution in [3.05, 3.63) is 22.4 Å². The zero-order valence-electron chi connectivity index (χ0n) is 10.2. The molecule has 0 spiro atoms. The zero-order chi connectivity index (χ0) is 11.2. The van der Waals surface area contributed by atoms with Gasteiger partial charge in [0.2, 0.25) is 0 Å². The SMILES string of the molecule is CC(Cc1ccsc1)NC1CCCCCC1. The molecule has 1 aromatic heterocycles. The molecule has 1 atom stereocenters. The first kappa shape index (κ1) is 12.1. The van der Waals surface area contributed by atoms with Crippen molar-refractivity contribution in [2.45, 2.75) is 64.0 Å². The van der Waals surface area contributed by atoms with E-state index in [1.54, 1.807) is 11.3 Å². The fraction of sp³-hybridized carbons (Fsp3) is 0.714. The molecular weight excluding hydrogens is 214 g/mol. The van der Waals surface area contributed by atoms with E-state index in [1.807, 2.05) is 0 Å². The van der Waals surface area contributed by atoms with Gasteiger partial charge in [-0.3, -0.25) is 0 Å². The van der Waals surface area contributed by atoms with Crippen LogP contribution in [-0.2, 0) is 6.42 Å². The molecule has 2 rings (SSSR count). The molecule has 2 heteroatoms. The van der Waals surface area contributed by atoms with E-state index in [0.29, 0.717) is 6.04 Å². The van der Waals surface area contributed by atoms with Gasteiger partial charge >= 0.3 is 0 Å². The van der Waals surface area contributed by atoms with Crippen molar-refractivity contribution in [2.24, 2.45) is 0 Å². The van der Waals surface area contributed by atoms with Crippen molar-refractivity contribution < 1.29 is 0 Å². The average molecular weight is 237 g/mol. The van der Waals surface area contributed by atoms with Crippen molar-refractivity contribution in [2.75, 3.05) is 0 Å². The molecule has 0 radical (unpaired) electrons. The van der Waals surface area contributed by atoms with Gasteiger partial charge in [-0.1, -0.05) is 25.7 Å². The van der Waals surface area contributed by atoms with Gasteiger partial charge in [0.05, 0.1) is 0 Å². The molecule has 1 aliphatic carbocycles. The van der Waals surface area contributed by atoms with Gasteiger partial charge in [0.25, 0.3) is 0 Å². The lowest BCUT2D eigenvalue weighted by Crippen LogP contribution is -2.37. The van der Waals surface area contributed by atoms with Crippen LogP contribution in [-0.4, -0.2) is 12.1 Å². The highest BCUT2D eigenvalue weighted by molar-refractivity contribution is 7.07. The summed E-state index contributed by atoms with van der Waals surface area (Å²) >= 11 is 1.80. The summed E-state index contributed by atoms with van der Waals surface area (Å²) in [5.74, 6) is 0. The molecule has 90 valence electrons. The number of rotatable bonds is 4. The van der Waals surface area contributed by atoms with Crippen molar-refractivity contribution in [3.8, 4) is 0 Å². The molecule has 16 heavy (non-hydrogen) atoms. The molecule has 0 bridgehead atoms. The molecule has 1 saturated carbocycles. The Morgan fingerprint density at radius 2 is 2.06 bits per heavy atom. The second-order valence-corrected chi connectivity index (χ2v) is 5.87. The highest BCUT2D eigenvalue weighted by Gasteiger charge is 2.14. The number of hydrogen-bond donors (Lipinski definition) is 1. The minimum atomic E-state index is 0.623. The van der Waals surface area contributed by atoms with Crippen LogP contribution in [0.15, 0.2) is 16.8 Å². The third-order valence-electron chi connectivity index (χ3n) is 3.50. The molecule has 1 N–H and O–H groups in total. The summed E-state index contributed by atoms with van der Waals surface area (Å²) in [6.07, 6.45) is 9.67. The Kier molecular flexibility index (Phi) is 4.86. The summed E-state index contributed by atoms with van der Waals surface area (Å²) in [5, 5.41) is 8.25. The van der Waals surface area contributed by atoms with Crippen molar-refractivity contribution in [1.29, 1.82) is 0 Å². The molecule has 1 heterocycles. The van der Waals surface area contributed by atoms with Gasteiger partial charge in [0, 0.05) is 12.1 Å². The van der Waals surface area contributed by atoms with Crippen LogP contribution in [0.1, 0.15) is 51.0 Å². The van der Waals surface area contributed by atoms with Gasteiger partial charge in [-0.15, -0.1) is 0 Å². The molecule has 1 aromatic rings. The Morgan fingerprint density at radius 1 is 1.31 bits per heavy atom. The highest BCUT2D eigenvalue weighted by atomic mass is 32.1. The van der Waals surface area contributed by atoms with E-state index in [1.165, 1.54) is 50.5 Å². The van der Waals surface area contributed by atoms with E-state index in [-0.39, 0.29) is 0 Å². The number of thiophene rings is 1. The van der Waals surface area contributed by atoms with Gasteiger partial charge in [0.1, 0.15) is 0 Å². The Labute approximate surface area is 103 Å². The number of nitrogens with one attached hydrogen (secondary N) is 1. The number of hydrogen-bond acceptors (Lipinski definition) is 2. The summed E-state index contributed by atoms with van der Waals surface area (Å²) in [7, 11) is 0. The Morgan fingerprint density at radius 3 is 2.69 bits per heavy atom. The molecule has 1 fully saturated rings. The maximum atomic E-state index is 3.80. The van der Waals surface area contributed by atoms with Crippen LogP contribution in [0, 0.1) is 0 Å². The summed E-state index contributed by atoms with van der Waals surface area (Å²) in [6, 6.07) is 3.64. The van der Waals surface area contributed by atoms with Crippen LogP contribution in [0.5, 0.6) is 0 Å². The predicted molar refractivity (Wildman–Crippen MR) is 72.1 cm³/mol. The second kappa shape index (κ2) is 6.41. The van der Waals surface area contributed by atoms with Gasteiger partial charge in [-0.25, -0.2) is 0 Å². The van der Waals surface area contributed by atoms with E-state index < -0.39 is 0 Å². The lowest BCUT2D eigenvalue weighted by molar-refractivity contribution is 0.406. The van der Waals surface area contributed by atoms with E-state index in [9.17, 15) is 0 Å². The highest BCUT2D eigenvalue weighted by Crippen LogP contribution is 2.18. The lowest BCUT2D eigenvalue weighted by atomic mass is 10.1. The first-order valence-corrected chi connectivity index (χ1v) is 7.56. The molecule has 0 amide bonds. The molecule has 1 nitrogen and oxygen atoms in total. The smallest absolute Gasteiger partial charge is 0.00820 e. The van der Waals surface area contributed by atoms with Gasteiger partial charge in [0.15, 0.2) is 0 Å². The first-order chi connectivity index (χ1) is 7.84. The van der Waals surface area contributed by atoms with Crippen molar-refractivity contribution in [1.82, 2.24) is 5.32 Å². The summed E-state index contributed by atoms with van der Waals surface area (Å²) in [4.78, 5) is 0. The van der Waals surface area contributed by atoms with Gasteiger partial charge in [-0.05, 0) is 48.6 Å². The van der Waals surface area contributed by atoms with Crippen LogP contribution in [0.2, 0.25) is 0 Å². The van der Waals surface area contributed by atoms with Crippen LogP contribution in [0.3, 0.4) is 0 Å². The van der Waals surface area contributed by atoms with Crippen molar-refractivity contribution in [3.63, 3.8) is 0 Å². The van der Waals surface area contributed by atoms with Gasteiger partial charge in [-0.2, -0.15) is 11.3 Å². The molecule has 0 saturated heterocycles. The van der Waals surface area contributed by atoms with Crippen molar-refractivity contribution >= 4 is 11.3 Å². The van der Waals surface area contributed by atoms with E-state index in [0.717, 1.165) is 6.04 Å². The quantitative estimate of drug-likeness (QED) is 0.781. The average Bonchev–Trinajstić information content (AvgIpc) is 2.62. The maximum absolute atomic E-state index is 3.80. The predicted octanol–water partition coefficient (Wildman–Crippen LogP) is 3.99. The third kappa shape index (κ3) is 3.91. The largest absolute Gasteiger partial charge is 0.311 e. The van der Waals surface area contributed by atoms with Crippen LogP contribution < -0.4 is 5.32 Å². The Balaban J connectivity index is 1.75. The van der Waals surface area contributed by atoms with E-state index in [2.05, 4.69) is 29.1 Å². The normalized spacial score (nSPS) is 20.6. The fourth-order valence-electron chi connectivity index (χ4n) is 2.67. The summed E-state index contributed by atoms with van der Waals surface area (Å²) < 4.78 is 0. The molecule has 0 aliphatic heterocycles. The molecular formula is C14H23NS. The zero-order valence-corrected chi connectivity index (χ0v) is 11.1. The maximum Gasteiger partial charge on any atom is 0.00820 e. The van der Waals surface area contributed by atoms with Crippen LogP contribution in [0.4, 0.5) is 0 Å². The van der Waals surface area contributed by atoms with E-state index in [4.69, 9.17) is 0 Å². The lowest BCUT2D eigenvalue weighted by Gasteiger charge is -2.21. The minimum Gasteiger partial charge on any atom is -0.311 e. The first-order valence-electron chi connectivity index (χ1n) is 6.62. The van der Waals surface area contributed by atoms with Crippen LogP contribution >= 0.6 is 11.3 Å². The van der Waals surface area contributed by atoms with Gasteiger partial charge < -0.3 is 5.32 Å². The molecule has 1 aliphatic rings. The molecule has 1 unspecified atom stereocenters. The Hall–Kier alpha value is -0.340. The third-order valence-corrected chi connectivity index (χ3v) is 4.23. The standard InChI is InChI=1S/C14H23NS/c1-12(10-13-8-9-16-11-13)15-14-6-4-2-3-5-7-14/h8-9,11-12,14-15H,2-7,10H2,1H3. The topological polar surface area (TPSA) is 12.0 Å². The monoisotopic (exact) mass is 237 g/mol.